The summed E-state index contributed by atoms with van der Waals surface area (Å²) in [4.78, 5) is 0. The topological polar surface area (TPSA) is 35.2 Å². The van der Waals surface area contributed by atoms with Gasteiger partial charge in [0.25, 0.3) is 0 Å². The Labute approximate surface area is 95.6 Å². The second-order valence-corrected chi connectivity index (χ2v) is 4.37. The highest BCUT2D eigenvalue weighted by Gasteiger charge is 2.23. The van der Waals surface area contributed by atoms with Crippen LogP contribution in [0.25, 0.3) is 0 Å². The molecule has 1 saturated carbocycles. The van der Waals surface area contributed by atoms with Crippen molar-refractivity contribution < 1.29 is 9.13 Å². The Morgan fingerprint density at radius 2 is 2.19 bits per heavy atom. The third-order valence-electron chi connectivity index (χ3n) is 2.86. The molecular formula is C13H18FNO. The number of rotatable bonds is 6. The molecule has 3 heteroatoms. The highest BCUT2D eigenvalue weighted by Crippen LogP contribution is 2.31. The number of halogens is 1. The molecule has 0 aromatic heterocycles. The minimum atomic E-state index is -0.254. The van der Waals surface area contributed by atoms with Crippen molar-refractivity contribution in [1.82, 2.24) is 0 Å². The molecular weight excluding hydrogens is 205 g/mol. The Morgan fingerprint density at radius 1 is 1.38 bits per heavy atom. The van der Waals surface area contributed by atoms with Gasteiger partial charge in [-0.05, 0) is 49.8 Å². The Morgan fingerprint density at radius 3 is 2.88 bits per heavy atom. The largest absolute Gasteiger partial charge is 0.490 e. The molecule has 0 heterocycles. The van der Waals surface area contributed by atoms with Crippen LogP contribution in [-0.2, 0) is 6.42 Å². The van der Waals surface area contributed by atoms with Gasteiger partial charge < -0.3 is 10.5 Å². The fourth-order valence-electron chi connectivity index (χ4n) is 1.69. The molecule has 0 atom stereocenters. The summed E-state index contributed by atoms with van der Waals surface area (Å²) in [6.45, 7) is 1.27. The average Bonchev–Trinajstić information content (AvgIpc) is 3.09. The van der Waals surface area contributed by atoms with E-state index in [1.807, 2.05) is 6.07 Å². The normalized spacial score (nSPS) is 15.1. The summed E-state index contributed by atoms with van der Waals surface area (Å²) in [6.07, 6.45) is 4.08. The smallest absolute Gasteiger partial charge is 0.165 e. The quantitative estimate of drug-likeness (QED) is 0.804. The zero-order chi connectivity index (χ0) is 11.4. The lowest BCUT2D eigenvalue weighted by Crippen LogP contribution is -2.06. The van der Waals surface area contributed by atoms with Gasteiger partial charge in [0.15, 0.2) is 11.6 Å². The van der Waals surface area contributed by atoms with E-state index in [-0.39, 0.29) is 5.82 Å². The molecule has 2 N–H and O–H groups in total. The van der Waals surface area contributed by atoms with Gasteiger partial charge in [0, 0.05) is 0 Å². The van der Waals surface area contributed by atoms with E-state index in [9.17, 15) is 4.39 Å². The van der Waals surface area contributed by atoms with Crippen LogP contribution in [0.15, 0.2) is 18.2 Å². The van der Waals surface area contributed by atoms with Gasteiger partial charge in [-0.1, -0.05) is 12.1 Å². The van der Waals surface area contributed by atoms with E-state index >= 15 is 0 Å². The van der Waals surface area contributed by atoms with Crippen LogP contribution in [0.5, 0.6) is 5.75 Å². The second kappa shape index (κ2) is 5.30. The van der Waals surface area contributed by atoms with Gasteiger partial charge in [0.1, 0.15) is 0 Å². The SMILES string of the molecule is NCCCc1cccc(F)c1OCC1CC1. The van der Waals surface area contributed by atoms with Crippen LogP contribution in [0.1, 0.15) is 24.8 Å². The Kier molecular flexibility index (Phi) is 3.78. The lowest BCUT2D eigenvalue weighted by atomic mass is 10.1. The number of benzene rings is 1. The zero-order valence-corrected chi connectivity index (χ0v) is 9.42. The van der Waals surface area contributed by atoms with Crippen molar-refractivity contribution in [2.45, 2.75) is 25.7 Å². The van der Waals surface area contributed by atoms with Crippen molar-refractivity contribution in [2.24, 2.45) is 11.7 Å². The van der Waals surface area contributed by atoms with Crippen LogP contribution in [0.3, 0.4) is 0 Å². The van der Waals surface area contributed by atoms with Crippen LogP contribution in [0, 0.1) is 11.7 Å². The summed E-state index contributed by atoms with van der Waals surface area (Å²) in [5.41, 5.74) is 6.40. The predicted octanol–water partition coefficient (Wildman–Crippen LogP) is 2.51. The first-order valence-electron chi connectivity index (χ1n) is 5.91. The molecule has 1 aliphatic carbocycles. The van der Waals surface area contributed by atoms with Gasteiger partial charge >= 0.3 is 0 Å². The van der Waals surface area contributed by atoms with Crippen LogP contribution in [0.2, 0.25) is 0 Å². The van der Waals surface area contributed by atoms with Gasteiger partial charge in [-0.25, -0.2) is 4.39 Å². The summed E-state index contributed by atoms with van der Waals surface area (Å²) in [5, 5.41) is 0. The minimum absolute atomic E-state index is 0.254. The molecule has 0 radical (unpaired) electrons. The van der Waals surface area contributed by atoms with Gasteiger partial charge in [-0.15, -0.1) is 0 Å². The molecule has 0 bridgehead atoms. The number of nitrogens with two attached hydrogens (primary N) is 1. The molecule has 16 heavy (non-hydrogen) atoms. The predicted molar refractivity (Wildman–Crippen MR) is 62.0 cm³/mol. The van der Waals surface area contributed by atoms with Gasteiger partial charge in [0.2, 0.25) is 0 Å². The van der Waals surface area contributed by atoms with Gasteiger partial charge in [-0.3, -0.25) is 0 Å². The lowest BCUT2D eigenvalue weighted by molar-refractivity contribution is 0.282. The van der Waals surface area contributed by atoms with Crippen molar-refractivity contribution in [3.63, 3.8) is 0 Å². The van der Waals surface area contributed by atoms with Crippen LogP contribution in [0.4, 0.5) is 4.39 Å². The standard InChI is InChI=1S/C13H18FNO/c14-12-5-1-3-11(4-2-8-15)13(12)16-9-10-6-7-10/h1,3,5,10H,2,4,6-9,15H2. The third-order valence-corrected chi connectivity index (χ3v) is 2.86. The molecule has 2 rings (SSSR count). The van der Waals surface area contributed by atoms with E-state index in [0.29, 0.717) is 24.8 Å². The maximum Gasteiger partial charge on any atom is 0.165 e. The van der Waals surface area contributed by atoms with E-state index in [0.717, 1.165) is 18.4 Å². The molecule has 1 aliphatic rings. The molecule has 1 fully saturated rings. The monoisotopic (exact) mass is 223 g/mol. The molecule has 0 unspecified atom stereocenters. The average molecular weight is 223 g/mol. The van der Waals surface area contributed by atoms with Crippen molar-refractivity contribution in [2.75, 3.05) is 13.2 Å². The first kappa shape index (κ1) is 11.4. The van der Waals surface area contributed by atoms with E-state index in [1.54, 1.807) is 6.07 Å². The molecule has 1 aromatic rings. The Hall–Kier alpha value is -1.09. The molecule has 0 aliphatic heterocycles. The van der Waals surface area contributed by atoms with E-state index < -0.39 is 0 Å². The summed E-state index contributed by atoms with van der Waals surface area (Å²) < 4.78 is 19.2. The maximum absolute atomic E-state index is 13.6. The van der Waals surface area contributed by atoms with E-state index in [4.69, 9.17) is 10.5 Å². The minimum Gasteiger partial charge on any atom is -0.490 e. The Balaban J connectivity index is 2.04. The molecule has 0 amide bonds. The molecule has 0 spiro atoms. The van der Waals surface area contributed by atoms with E-state index in [1.165, 1.54) is 18.9 Å². The second-order valence-electron chi connectivity index (χ2n) is 4.37. The molecule has 88 valence electrons. The maximum atomic E-state index is 13.6. The number of hydrogen-bond donors (Lipinski definition) is 1. The van der Waals surface area contributed by atoms with Crippen molar-refractivity contribution in [3.8, 4) is 5.75 Å². The summed E-state index contributed by atoms with van der Waals surface area (Å²) in [6, 6.07) is 5.10. The highest BCUT2D eigenvalue weighted by molar-refractivity contribution is 5.35. The van der Waals surface area contributed by atoms with Crippen molar-refractivity contribution in [1.29, 1.82) is 0 Å². The highest BCUT2D eigenvalue weighted by atomic mass is 19.1. The first-order valence-corrected chi connectivity index (χ1v) is 5.91. The summed E-state index contributed by atoms with van der Waals surface area (Å²) >= 11 is 0. The number of para-hydroxylation sites is 1. The fourth-order valence-corrected chi connectivity index (χ4v) is 1.69. The lowest BCUT2D eigenvalue weighted by Gasteiger charge is -2.11. The molecule has 0 saturated heterocycles. The molecule has 2 nitrogen and oxygen atoms in total. The first-order chi connectivity index (χ1) is 7.81. The van der Waals surface area contributed by atoms with Crippen LogP contribution < -0.4 is 10.5 Å². The number of ether oxygens (including phenoxy) is 1. The van der Waals surface area contributed by atoms with Crippen molar-refractivity contribution >= 4 is 0 Å². The Bertz CT molecular complexity index is 350. The number of hydrogen-bond acceptors (Lipinski definition) is 2. The van der Waals surface area contributed by atoms with Gasteiger partial charge in [0.05, 0.1) is 6.61 Å². The summed E-state index contributed by atoms with van der Waals surface area (Å²) in [7, 11) is 0. The fraction of sp³-hybridized carbons (Fsp3) is 0.538. The molecule has 1 aromatic carbocycles. The van der Waals surface area contributed by atoms with Crippen LogP contribution in [-0.4, -0.2) is 13.2 Å². The van der Waals surface area contributed by atoms with Crippen molar-refractivity contribution in [3.05, 3.63) is 29.6 Å². The van der Waals surface area contributed by atoms with Gasteiger partial charge in [-0.2, -0.15) is 0 Å². The van der Waals surface area contributed by atoms with Crippen LogP contribution >= 0.6 is 0 Å². The van der Waals surface area contributed by atoms with E-state index in [2.05, 4.69) is 0 Å². The number of aryl methyl sites for hydroxylation is 1. The zero-order valence-electron chi connectivity index (χ0n) is 9.42. The third kappa shape index (κ3) is 2.95. The summed E-state index contributed by atoms with van der Waals surface area (Å²) in [5.74, 6) is 0.819.